The van der Waals surface area contributed by atoms with Gasteiger partial charge in [-0.05, 0) is 24.8 Å². The Morgan fingerprint density at radius 1 is 1.22 bits per heavy atom. The van der Waals surface area contributed by atoms with Gasteiger partial charge in [-0.3, -0.25) is 9.48 Å². The fraction of sp³-hybridized carbons (Fsp3) is 0.500. The molecule has 5 nitrogen and oxygen atoms in total. The molecule has 1 fully saturated rings. The average molecular weight is 312 g/mol. The Labute approximate surface area is 137 Å². The molecule has 1 saturated carbocycles. The van der Waals surface area contributed by atoms with Gasteiger partial charge in [-0.25, -0.2) is 4.98 Å². The molecule has 0 spiro atoms. The zero-order chi connectivity index (χ0) is 15.9. The fourth-order valence-electron chi connectivity index (χ4n) is 3.27. The van der Waals surface area contributed by atoms with Gasteiger partial charge in [-0.2, -0.15) is 5.10 Å². The van der Waals surface area contributed by atoms with Crippen LogP contribution in [0, 0.1) is 5.92 Å². The molecule has 1 aliphatic rings. The Hall–Kier alpha value is -2.17. The zero-order valence-electron chi connectivity index (χ0n) is 13.4. The lowest BCUT2D eigenvalue weighted by atomic mass is 9.88. The van der Waals surface area contributed by atoms with E-state index in [1.54, 1.807) is 6.33 Å². The minimum Gasteiger partial charge on any atom is -0.349 e. The van der Waals surface area contributed by atoms with Gasteiger partial charge in [-0.1, -0.05) is 49.6 Å². The number of amides is 1. The molecule has 3 rings (SSSR count). The third-order valence-electron chi connectivity index (χ3n) is 4.61. The number of carbonyl (C=O) groups excluding carboxylic acids is 1. The van der Waals surface area contributed by atoms with Gasteiger partial charge in [0.05, 0.1) is 6.04 Å². The highest BCUT2D eigenvalue weighted by Gasteiger charge is 2.24. The molecule has 1 N–H and O–H groups in total. The molecule has 1 unspecified atom stereocenters. The van der Waals surface area contributed by atoms with Gasteiger partial charge in [0, 0.05) is 12.5 Å². The number of nitrogens with zero attached hydrogens (tertiary/aromatic N) is 3. The Kier molecular flexibility index (Phi) is 5.40. The fourth-order valence-corrected chi connectivity index (χ4v) is 3.27. The molecule has 2 aromatic rings. The summed E-state index contributed by atoms with van der Waals surface area (Å²) in [5, 5.41) is 7.41. The van der Waals surface area contributed by atoms with Gasteiger partial charge in [-0.15, -0.1) is 0 Å². The maximum atomic E-state index is 12.6. The van der Waals surface area contributed by atoms with Crippen LogP contribution in [0.1, 0.15) is 50.1 Å². The molecule has 1 aromatic heterocycles. The molecule has 1 heterocycles. The van der Waals surface area contributed by atoms with Crippen LogP contribution in [0.3, 0.4) is 0 Å². The molecule has 1 amide bonds. The van der Waals surface area contributed by atoms with E-state index in [-0.39, 0.29) is 17.9 Å². The summed E-state index contributed by atoms with van der Waals surface area (Å²) in [4.78, 5) is 16.6. The first-order chi connectivity index (χ1) is 11.3. The number of benzene rings is 1. The third kappa shape index (κ3) is 4.41. The highest BCUT2D eigenvalue weighted by atomic mass is 16.1. The minimum atomic E-state index is 0.0230. The van der Waals surface area contributed by atoms with Crippen molar-refractivity contribution < 1.29 is 4.79 Å². The first-order valence-corrected chi connectivity index (χ1v) is 8.50. The SMILES string of the molecule is O=C(NC(CCn1cncn1)c1ccccc1)C1CCCCC1. The van der Waals surface area contributed by atoms with E-state index in [0.29, 0.717) is 0 Å². The van der Waals surface area contributed by atoms with Crippen molar-refractivity contribution in [1.29, 1.82) is 0 Å². The van der Waals surface area contributed by atoms with Crippen molar-refractivity contribution in [2.24, 2.45) is 5.92 Å². The van der Waals surface area contributed by atoms with E-state index in [1.807, 2.05) is 22.9 Å². The lowest BCUT2D eigenvalue weighted by Gasteiger charge is -2.25. The first-order valence-electron chi connectivity index (χ1n) is 8.50. The van der Waals surface area contributed by atoms with E-state index in [0.717, 1.165) is 31.4 Å². The summed E-state index contributed by atoms with van der Waals surface area (Å²) < 4.78 is 1.81. The molecule has 23 heavy (non-hydrogen) atoms. The Balaban J connectivity index is 1.65. The Bertz CT molecular complexity index is 591. The lowest BCUT2D eigenvalue weighted by molar-refractivity contribution is -0.126. The molecule has 0 radical (unpaired) electrons. The normalized spacial score (nSPS) is 16.9. The van der Waals surface area contributed by atoms with Crippen LogP contribution < -0.4 is 5.32 Å². The Morgan fingerprint density at radius 3 is 2.70 bits per heavy atom. The quantitative estimate of drug-likeness (QED) is 0.891. The van der Waals surface area contributed by atoms with Crippen LogP contribution in [-0.2, 0) is 11.3 Å². The van der Waals surface area contributed by atoms with Crippen LogP contribution in [0.15, 0.2) is 43.0 Å². The summed E-state index contributed by atoms with van der Waals surface area (Å²) in [6, 6.07) is 10.2. The number of rotatable bonds is 6. The number of aryl methyl sites for hydroxylation is 1. The molecular weight excluding hydrogens is 288 g/mol. The maximum absolute atomic E-state index is 12.6. The second-order valence-corrected chi connectivity index (χ2v) is 6.25. The van der Waals surface area contributed by atoms with Gasteiger partial charge in [0.1, 0.15) is 12.7 Å². The number of carbonyl (C=O) groups is 1. The first kappa shape index (κ1) is 15.7. The highest BCUT2D eigenvalue weighted by molar-refractivity contribution is 5.79. The van der Waals surface area contributed by atoms with Gasteiger partial charge in [0.25, 0.3) is 0 Å². The van der Waals surface area contributed by atoms with Crippen molar-refractivity contribution in [2.45, 2.75) is 51.1 Å². The predicted octanol–water partition coefficient (Wildman–Crippen LogP) is 3.11. The highest BCUT2D eigenvalue weighted by Crippen LogP contribution is 2.25. The largest absolute Gasteiger partial charge is 0.349 e. The summed E-state index contributed by atoms with van der Waals surface area (Å²) >= 11 is 0. The summed E-state index contributed by atoms with van der Waals surface area (Å²) in [7, 11) is 0. The molecule has 1 aromatic carbocycles. The minimum absolute atomic E-state index is 0.0230. The second-order valence-electron chi connectivity index (χ2n) is 6.25. The van der Waals surface area contributed by atoms with Crippen molar-refractivity contribution in [2.75, 3.05) is 0 Å². The summed E-state index contributed by atoms with van der Waals surface area (Å²) in [6.45, 7) is 0.741. The van der Waals surface area contributed by atoms with Crippen LogP contribution in [0.4, 0.5) is 0 Å². The lowest BCUT2D eigenvalue weighted by Crippen LogP contribution is -2.35. The van der Waals surface area contributed by atoms with Crippen molar-refractivity contribution in [3.8, 4) is 0 Å². The molecule has 1 aliphatic carbocycles. The number of hydrogen-bond acceptors (Lipinski definition) is 3. The van der Waals surface area contributed by atoms with Crippen molar-refractivity contribution in [3.63, 3.8) is 0 Å². The molecular formula is C18H24N4O. The van der Waals surface area contributed by atoms with Crippen LogP contribution >= 0.6 is 0 Å². The van der Waals surface area contributed by atoms with E-state index in [1.165, 1.54) is 25.6 Å². The van der Waals surface area contributed by atoms with E-state index >= 15 is 0 Å². The molecule has 122 valence electrons. The van der Waals surface area contributed by atoms with E-state index in [9.17, 15) is 4.79 Å². The van der Waals surface area contributed by atoms with E-state index in [2.05, 4.69) is 27.5 Å². The van der Waals surface area contributed by atoms with Gasteiger partial charge < -0.3 is 5.32 Å². The van der Waals surface area contributed by atoms with Crippen molar-refractivity contribution in [1.82, 2.24) is 20.1 Å². The standard InChI is InChI=1S/C18H24N4O/c23-18(16-9-5-2-6-10-16)21-17(15-7-3-1-4-8-15)11-12-22-14-19-13-20-22/h1,3-4,7-8,13-14,16-17H,2,5-6,9-12H2,(H,21,23). The summed E-state index contributed by atoms with van der Waals surface area (Å²) in [5.74, 6) is 0.387. The second kappa shape index (κ2) is 7.90. The van der Waals surface area contributed by atoms with Crippen molar-refractivity contribution >= 4 is 5.91 Å². The van der Waals surface area contributed by atoms with Gasteiger partial charge in [0.2, 0.25) is 5.91 Å². The predicted molar refractivity (Wildman–Crippen MR) is 88.5 cm³/mol. The topological polar surface area (TPSA) is 59.8 Å². The molecule has 5 heteroatoms. The molecule has 0 bridgehead atoms. The summed E-state index contributed by atoms with van der Waals surface area (Å²) in [5.41, 5.74) is 1.15. The molecule has 0 saturated heterocycles. The van der Waals surface area contributed by atoms with Gasteiger partial charge in [0.15, 0.2) is 0 Å². The number of aromatic nitrogens is 3. The van der Waals surface area contributed by atoms with E-state index < -0.39 is 0 Å². The van der Waals surface area contributed by atoms with Crippen LogP contribution in [0.2, 0.25) is 0 Å². The smallest absolute Gasteiger partial charge is 0.223 e. The Morgan fingerprint density at radius 2 is 2.00 bits per heavy atom. The van der Waals surface area contributed by atoms with Crippen molar-refractivity contribution in [3.05, 3.63) is 48.5 Å². The van der Waals surface area contributed by atoms with Crippen LogP contribution in [-0.4, -0.2) is 20.7 Å². The number of hydrogen-bond donors (Lipinski definition) is 1. The number of nitrogens with one attached hydrogen (secondary N) is 1. The van der Waals surface area contributed by atoms with E-state index in [4.69, 9.17) is 0 Å². The van der Waals surface area contributed by atoms with Crippen LogP contribution in [0.5, 0.6) is 0 Å². The summed E-state index contributed by atoms with van der Waals surface area (Å²) in [6.07, 6.45) is 9.72. The maximum Gasteiger partial charge on any atom is 0.223 e. The molecule has 1 atom stereocenters. The third-order valence-corrected chi connectivity index (χ3v) is 4.61. The average Bonchev–Trinajstić information content (AvgIpc) is 3.13. The van der Waals surface area contributed by atoms with Gasteiger partial charge >= 0.3 is 0 Å². The zero-order valence-corrected chi connectivity index (χ0v) is 13.4. The monoisotopic (exact) mass is 312 g/mol. The molecule has 0 aliphatic heterocycles. The van der Waals surface area contributed by atoms with Crippen LogP contribution in [0.25, 0.3) is 0 Å².